The Kier molecular flexibility index (Phi) is 58.9. The van der Waals surface area contributed by atoms with Gasteiger partial charge in [-0.25, -0.2) is 4.70 Å². The van der Waals surface area contributed by atoms with Crippen molar-refractivity contribution in [1.29, 1.82) is 0 Å². The molecular formula is C84H146N2Ni. The Hall–Kier alpha value is -2.51. The molecule has 3 rings (SSSR count). The average molecular weight is 1240 g/mol. The molecule has 0 aromatic heterocycles. The Bertz CT molecular complexity index is 1930. The number of hydrogen-bond donors (Lipinski definition) is 0. The van der Waals surface area contributed by atoms with Crippen LogP contribution in [0.4, 0.5) is 0 Å². The van der Waals surface area contributed by atoms with E-state index < -0.39 is 0 Å². The zero-order valence-corrected chi connectivity index (χ0v) is 59.9. The number of hydrogen-bond acceptors (Lipinski definition) is 0. The first-order valence-electron chi connectivity index (χ1n) is 39.0. The van der Waals surface area contributed by atoms with Crippen LogP contribution in [-0.2, 0) is 27.3 Å². The molecule has 0 fully saturated rings. The first-order chi connectivity index (χ1) is 43.1. The van der Waals surface area contributed by atoms with Crippen molar-refractivity contribution in [2.75, 3.05) is 0 Å². The quantitative estimate of drug-likeness (QED) is 0.0273. The van der Waals surface area contributed by atoms with Crippen LogP contribution in [0.1, 0.15) is 410 Å². The minimum absolute atomic E-state index is 0.931. The predicted molar refractivity (Wildman–Crippen MR) is 389 cm³/mol. The summed E-state index contributed by atoms with van der Waals surface area (Å²) in [4.78, 5) is 0. The molecule has 1 heterocycles. The summed E-state index contributed by atoms with van der Waals surface area (Å²) in [5, 5.41) is 2.78. The van der Waals surface area contributed by atoms with Gasteiger partial charge in [-0.2, -0.15) is 0 Å². The molecule has 0 radical (unpaired) electrons. The zero-order valence-electron chi connectivity index (χ0n) is 58.9. The Morgan fingerprint density at radius 1 is 0.299 bits per heavy atom. The molecule has 0 saturated carbocycles. The van der Waals surface area contributed by atoms with Crippen LogP contribution in [0.5, 0.6) is 0 Å². The van der Waals surface area contributed by atoms with Crippen molar-refractivity contribution in [2.45, 2.75) is 411 Å². The molecule has 0 atom stereocenters. The second-order valence-corrected chi connectivity index (χ2v) is 28.2. The molecule has 0 spiro atoms. The summed E-state index contributed by atoms with van der Waals surface area (Å²) in [6.07, 6.45) is 90.4. The van der Waals surface area contributed by atoms with Crippen molar-refractivity contribution in [3.05, 3.63) is 112 Å². The van der Waals surface area contributed by atoms with Crippen LogP contribution in [0.15, 0.2) is 84.5 Å². The van der Waals surface area contributed by atoms with Gasteiger partial charge in [0.2, 0.25) is 11.4 Å². The van der Waals surface area contributed by atoms with Gasteiger partial charge in [0.05, 0.1) is 0 Å². The van der Waals surface area contributed by atoms with Gasteiger partial charge in [0, 0.05) is 22.8 Å². The average Bonchev–Trinajstić information content (AvgIpc) is 1.78. The third kappa shape index (κ3) is 46.3. The van der Waals surface area contributed by atoms with Crippen molar-refractivity contribution < 1.29 is 19.1 Å². The molecule has 0 aliphatic carbocycles. The second kappa shape index (κ2) is 63.6. The molecule has 0 amide bonds. The molecule has 2 aromatic carbocycles. The Balaban J connectivity index is 0.00000264. The molecule has 3 heteroatoms. The van der Waals surface area contributed by atoms with E-state index in [-0.39, 0.29) is 0 Å². The van der Waals surface area contributed by atoms with E-state index in [2.05, 4.69) is 114 Å². The number of unbranched alkanes of at least 4 members (excludes halogenated alkanes) is 47. The van der Waals surface area contributed by atoms with Crippen LogP contribution in [0.25, 0.3) is 16.9 Å². The molecule has 1 aliphatic rings. The van der Waals surface area contributed by atoms with E-state index in [1.54, 1.807) is 0 Å². The van der Waals surface area contributed by atoms with E-state index in [4.69, 9.17) is 0 Å². The topological polar surface area (TPSA) is 25.3 Å². The third-order valence-electron chi connectivity index (χ3n) is 18.5. The van der Waals surface area contributed by atoms with E-state index in [9.17, 15) is 5.53 Å². The SMILES string of the molecule is CCCCCCCCCCCCCCCCCCCCCCCCC=CCCc1ccccc1C1=CC(CCCC)=C(c2ccccc2CCC=CCCCCCCCCCCCCCCCCCCCCCCCC)[N+]1=[N-].CCC[CH2][Ni][CH2]CCC. The number of nitrogens with zero attached hydrogens (tertiary/aromatic N) is 2. The van der Waals surface area contributed by atoms with E-state index >= 15 is 0 Å². The summed E-state index contributed by atoms with van der Waals surface area (Å²) >= 11 is 1.94. The summed E-state index contributed by atoms with van der Waals surface area (Å²) in [5.41, 5.74) is 20.3. The van der Waals surface area contributed by atoms with Gasteiger partial charge in [0.25, 0.3) is 0 Å². The summed E-state index contributed by atoms with van der Waals surface area (Å²) in [5.74, 6) is 0. The molecular weight excluding hydrogens is 1100 g/mol. The fraction of sp³-hybridized carbons (Fsp3) is 0.762. The van der Waals surface area contributed by atoms with E-state index in [0.717, 1.165) is 61.9 Å². The fourth-order valence-corrected chi connectivity index (χ4v) is 14.1. The van der Waals surface area contributed by atoms with Crippen LogP contribution < -0.4 is 0 Å². The Morgan fingerprint density at radius 3 is 0.908 bits per heavy atom. The van der Waals surface area contributed by atoms with Gasteiger partial charge >= 0.3 is 64.8 Å². The van der Waals surface area contributed by atoms with Gasteiger partial charge in [0.1, 0.15) is 0 Å². The van der Waals surface area contributed by atoms with Gasteiger partial charge in [0.15, 0.2) is 0 Å². The maximum absolute atomic E-state index is 12.1. The van der Waals surface area contributed by atoms with Crippen LogP contribution in [-0.4, -0.2) is 4.70 Å². The standard InChI is InChI=1S/C76H128N2.2C4H9.Ni/c1-4-7-10-12-14-16-18-20-22-24-26-28-30-32-34-36-38-40-42-44-46-48-50-52-54-56-63-70-65-58-60-67-73(70)75-69-72(62-9-6-3)76(78(75)77)74-68-61-59-66-71(74)64-57-55-53-51-49-47-45-43-41-39-37-35-33-31-29-27-25-23-21-19-17-15-13-11-8-5-2;2*1-3-4-2;/h52-55,58-61,65-69H,4-51,56-57,62-64H2,1-3H3;2*1,3-4H2,2H3;. The van der Waals surface area contributed by atoms with Crippen LogP contribution in [0.2, 0.25) is 10.8 Å². The minimum atomic E-state index is 0.931. The monoisotopic (exact) mass is 1240 g/mol. The fourth-order valence-electron chi connectivity index (χ4n) is 12.7. The maximum atomic E-state index is 12.1. The van der Waals surface area contributed by atoms with E-state index in [0.29, 0.717) is 0 Å². The van der Waals surface area contributed by atoms with Crippen LogP contribution in [0, 0.1) is 0 Å². The molecule has 1 aliphatic heterocycles. The van der Waals surface area contributed by atoms with Crippen molar-refractivity contribution in [3.63, 3.8) is 0 Å². The molecule has 0 unspecified atom stereocenters. The van der Waals surface area contributed by atoms with Gasteiger partial charge < -0.3 is 5.53 Å². The van der Waals surface area contributed by atoms with Gasteiger partial charge in [-0.3, -0.25) is 0 Å². The number of rotatable bonds is 63. The van der Waals surface area contributed by atoms with Crippen molar-refractivity contribution in [3.8, 4) is 0 Å². The molecule has 0 N–H and O–H groups in total. The van der Waals surface area contributed by atoms with E-state index in [1.165, 1.54) is 359 Å². The molecule has 502 valence electrons. The number of benzene rings is 2. The van der Waals surface area contributed by atoms with Gasteiger partial charge in [-0.05, 0) is 87.5 Å². The Morgan fingerprint density at radius 2 is 0.575 bits per heavy atom. The Labute approximate surface area is 550 Å². The summed E-state index contributed by atoms with van der Waals surface area (Å²) in [6.45, 7) is 11.4. The van der Waals surface area contributed by atoms with Gasteiger partial charge in [-0.1, -0.05) is 358 Å². The molecule has 2 aromatic rings. The molecule has 2 nitrogen and oxygen atoms in total. The third-order valence-corrected chi connectivity index (χ3v) is 19.9. The predicted octanol–water partition coefficient (Wildman–Crippen LogP) is 30.1. The normalized spacial score (nSPS) is 12.7. The van der Waals surface area contributed by atoms with Crippen molar-refractivity contribution >= 4 is 11.4 Å². The first-order valence-corrected chi connectivity index (χ1v) is 40.4. The first kappa shape index (κ1) is 80.6. The molecule has 0 bridgehead atoms. The zero-order chi connectivity index (χ0) is 62.2. The summed E-state index contributed by atoms with van der Waals surface area (Å²) in [7, 11) is 0. The second-order valence-electron chi connectivity index (χ2n) is 26.8. The summed E-state index contributed by atoms with van der Waals surface area (Å²) in [6, 6.07) is 17.6. The number of aryl methyl sites for hydroxylation is 2. The van der Waals surface area contributed by atoms with Gasteiger partial charge in [-0.15, -0.1) is 0 Å². The van der Waals surface area contributed by atoms with Crippen molar-refractivity contribution in [2.24, 2.45) is 0 Å². The van der Waals surface area contributed by atoms with Crippen LogP contribution in [0.3, 0.4) is 0 Å². The number of allylic oxidation sites excluding steroid dienone is 6. The summed E-state index contributed by atoms with van der Waals surface area (Å²) < 4.78 is 1.54. The van der Waals surface area contributed by atoms with Crippen molar-refractivity contribution in [1.82, 2.24) is 0 Å². The van der Waals surface area contributed by atoms with E-state index in [1.807, 2.05) is 14.4 Å². The van der Waals surface area contributed by atoms with Crippen LogP contribution >= 0.6 is 0 Å². The molecule has 87 heavy (non-hydrogen) atoms. The molecule has 0 saturated heterocycles.